The molecule has 0 spiro atoms. The molecule has 174 valence electrons. The molecule has 0 radical (unpaired) electrons. The molecule has 0 aliphatic carbocycles. The minimum Gasteiger partial charge on any atom is -0.490 e. The van der Waals surface area contributed by atoms with Gasteiger partial charge in [0.05, 0.1) is 30.6 Å². The van der Waals surface area contributed by atoms with Gasteiger partial charge in [-0.25, -0.2) is 15.2 Å². The summed E-state index contributed by atoms with van der Waals surface area (Å²) >= 11 is 6.32. The highest BCUT2D eigenvalue weighted by molar-refractivity contribution is 6.33. The van der Waals surface area contributed by atoms with Crippen molar-refractivity contribution in [3.05, 3.63) is 69.0 Å². The molecule has 11 heteroatoms. The van der Waals surface area contributed by atoms with Crippen molar-refractivity contribution in [1.29, 1.82) is 5.26 Å². The van der Waals surface area contributed by atoms with E-state index in [1.807, 2.05) is 12.1 Å². The number of halogens is 1. The molecule has 0 saturated heterocycles. The van der Waals surface area contributed by atoms with Crippen molar-refractivity contribution in [2.75, 3.05) is 25.7 Å². The second-order valence-electron chi connectivity index (χ2n) is 6.60. The first kappa shape index (κ1) is 24.3. The van der Waals surface area contributed by atoms with Crippen LogP contribution in [0.25, 0.3) is 11.3 Å². The van der Waals surface area contributed by atoms with Crippen LogP contribution in [-0.2, 0) is 9.53 Å². The zero-order valence-electron chi connectivity index (χ0n) is 18.3. The normalized spacial score (nSPS) is 10.5. The molecule has 0 amide bonds. The summed E-state index contributed by atoms with van der Waals surface area (Å²) < 4.78 is 15.5. The predicted molar refractivity (Wildman–Crippen MR) is 126 cm³/mol. The molecule has 3 aromatic rings. The van der Waals surface area contributed by atoms with Crippen LogP contribution in [0.15, 0.2) is 52.4 Å². The van der Waals surface area contributed by atoms with Gasteiger partial charge in [0.1, 0.15) is 11.6 Å². The molecule has 10 nitrogen and oxygen atoms in total. The second kappa shape index (κ2) is 11.5. The van der Waals surface area contributed by atoms with Gasteiger partial charge in [0, 0.05) is 17.2 Å². The van der Waals surface area contributed by atoms with Crippen molar-refractivity contribution in [1.82, 2.24) is 9.97 Å². The number of carbonyl (C=O) groups excluding carboxylic acids is 1. The van der Waals surface area contributed by atoms with Gasteiger partial charge < -0.3 is 14.2 Å². The molecule has 1 heterocycles. The number of ether oxygens (including phenoxy) is 3. The Bertz CT molecular complexity index is 1300. The quantitative estimate of drug-likeness (QED) is 0.269. The first-order valence-corrected chi connectivity index (χ1v) is 10.4. The monoisotopic (exact) mass is 481 g/mol. The molecule has 0 atom stereocenters. The fourth-order valence-electron chi connectivity index (χ4n) is 2.82. The van der Waals surface area contributed by atoms with Crippen molar-refractivity contribution >= 4 is 29.7 Å². The lowest BCUT2D eigenvalue weighted by Gasteiger charge is -2.13. The Morgan fingerprint density at radius 2 is 2.00 bits per heavy atom. The molecule has 0 aliphatic heterocycles. The SMILES string of the molecule is CCOc1cc(C=NNc2nc(-c3ccccc3)c(C#N)c(=O)[nH]2)c(Cl)cc1OCC(=O)OC. The maximum absolute atomic E-state index is 12.3. The lowest BCUT2D eigenvalue weighted by atomic mass is 10.1. The molecule has 0 unspecified atom stereocenters. The van der Waals surface area contributed by atoms with E-state index in [-0.39, 0.29) is 34.6 Å². The number of benzene rings is 2. The molecule has 0 bridgehead atoms. The van der Waals surface area contributed by atoms with Gasteiger partial charge >= 0.3 is 5.97 Å². The Morgan fingerprint density at radius 1 is 1.26 bits per heavy atom. The minimum atomic E-state index is -0.599. The van der Waals surface area contributed by atoms with E-state index >= 15 is 0 Å². The number of aromatic nitrogens is 2. The van der Waals surface area contributed by atoms with Gasteiger partial charge in [0.25, 0.3) is 5.56 Å². The van der Waals surface area contributed by atoms with E-state index in [0.717, 1.165) is 0 Å². The van der Waals surface area contributed by atoms with E-state index in [2.05, 4.69) is 25.2 Å². The van der Waals surface area contributed by atoms with E-state index in [4.69, 9.17) is 21.1 Å². The van der Waals surface area contributed by atoms with Crippen LogP contribution < -0.4 is 20.5 Å². The van der Waals surface area contributed by atoms with E-state index in [1.165, 1.54) is 19.4 Å². The van der Waals surface area contributed by atoms with Gasteiger partial charge in [0.2, 0.25) is 5.95 Å². The van der Waals surface area contributed by atoms with Crippen LogP contribution in [0.4, 0.5) is 5.95 Å². The average Bonchev–Trinajstić information content (AvgIpc) is 2.84. The number of hydrogen-bond donors (Lipinski definition) is 2. The lowest BCUT2D eigenvalue weighted by molar-refractivity contribution is -0.142. The van der Waals surface area contributed by atoms with Crippen LogP contribution in [0.5, 0.6) is 11.5 Å². The minimum absolute atomic E-state index is 0.0401. The number of aromatic amines is 1. The number of esters is 1. The summed E-state index contributed by atoms with van der Waals surface area (Å²) in [4.78, 5) is 30.5. The molecule has 2 aromatic carbocycles. The molecular formula is C23H20ClN5O5. The third-order valence-electron chi connectivity index (χ3n) is 4.39. The van der Waals surface area contributed by atoms with E-state index in [1.54, 1.807) is 37.3 Å². The Morgan fingerprint density at radius 3 is 2.68 bits per heavy atom. The van der Waals surface area contributed by atoms with Crippen molar-refractivity contribution in [2.45, 2.75) is 6.92 Å². The molecular weight excluding hydrogens is 462 g/mol. The summed E-state index contributed by atoms with van der Waals surface area (Å²) in [6.45, 7) is 1.85. The molecule has 1 aromatic heterocycles. The number of hydrogen-bond acceptors (Lipinski definition) is 9. The van der Waals surface area contributed by atoms with Gasteiger partial charge in [-0.05, 0) is 13.0 Å². The predicted octanol–water partition coefficient (Wildman–Crippen LogP) is 3.36. The van der Waals surface area contributed by atoms with Crippen molar-refractivity contribution < 1.29 is 19.0 Å². The summed E-state index contributed by atoms with van der Waals surface area (Å²) in [6, 6.07) is 13.8. The maximum Gasteiger partial charge on any atom is 0.343 e. The van der Waals surface area contributed by atoms with Crippen LogP contribution in [0, 0.1) is 11.3 Å². The Balaban J connectivity index is 1.85. The number of methoxy groups -OCH3 is 1. The number of nitrogens with one attached hydrogen (secondary N) is 2. The Labute approximate surface area is 199 Å². The number of anilines is 1. The number of carbonyl (C=O) groups is 1. The summed E-state index contributed by atoms with van der Waals surface area (Å²) in [7, 11) is 1.26. The van der Waals surface area contributed by atoms with Crippen LogP contribution >= 0.6 is 11.6 Å². The second-order valence-corrected chi connectivity index (χ2v) is 7.01. The maximum atomic E-state index is 12.3. The van der Waals surface area contributed by atoms with E-state index in [0.29, 0.717) is 23.5 Å². The van der Waals surface area contributed by atoms with Crippen molar-refractivity contribution in [3.63, 3.8) is 0 Å². The number of H-pyrrole nitrogens is 1. The smallest absolute Gasteiger partial charge is 0.343 e. The summed E-state index contributed by atoms with van der Waals surface area (Å²) in [5.41, 5.74) is 3.25. The summed E-state index contributed by atoms with van der Waals surface area (Å²) in [6.07, 6.45) is 1.40. The van der Waals surface area contributed by atoms with Gasteiger partial charge in [-0.1, -0.05) is 41.9 Å². The Kier molecular flexibility index (Phi) is 8.21. The van der Waals surface area contributed by atoms with Gasteiger partial charge in [-0.15, -0.1) is 0 Å². The zero-order valence-corrected chi connectivity index (χ0v) is 19.0. The first-order valence-electron chi connectivity index (χ1n) is 10.0. The highest BCUT2D eigenvalue weighted by Gasteiger charge is 2.14. The molecule has 0 aliphatic rings. The fraction of sp³-hybridized carbons (Fsp3) is 0.174. The van der Waals surface area contributed by atoms with Crippen LogP contribution in [0.3, 0.4) is 0 Å². The lowest BCUT2D eigenvalue weighted by Crippen LogP contribution is -2.16. The molecule has 34 heavy (non-hydrogen) atoms. The average molecular weight is 482 g/mol. The Hall–Kier alpha value is -4.36. The van der Waals surface area contributed by atoms with Crippen molar-refractivity contribution in [2.24, 2.45) is 5.10 Å². The molecule has 0 fully saturated rings. The third kappa shape index (κ3) is 5.90. The number of nitriles is 1. The van der Waals surface area contributed by atoms with Gasteiger partial charge in [0.15, 0.2) is 18.1 Å². The molecule has 3 rings (SSSR count). The number of nitrogens with zero attached hydrogens (tertiary/aromatic N) is 3. The van der Waals surface area contributed by atoms with Crippen LogP contribution in [-0.4, -0.2) is 42.5 Å². The third-order valence-corrected chi connectivity index (χ3v) is 4.72. The van der Waals surface area contributed by atoms with Gasteiger partial charge in [-0.3, -0.25) is 9.78 Å². The highest BCUT2D eigenvalue weighted by Crippen LogP contribution is 2.33. The molecule has 0 saturated carbocycles. The van der Waals surface area contributed by atoms with Crippen molar-refractivity contribution in [3.8, 4) is 28.8 Å². The van der Waals surface area contributed by atoms with E-state index < -0.39 is 11.5 Å². The van der Waals surface area contributed by atoms with E-state index in [9.17, 15) is 14.9 Å². The van der Waals surface area contributed by atoms with Crippen LogP contribution in [0.1, 0.15) is 18.1 Å². The molecule has 2 N–H and O–H groups in total. The fourth-order valence-corrected chi connectivity index (χ4v) is 3.03. The standard InChI is InChI=1S/C23H20ClN5O5/c1-3-33-18-9-15(17(24)10-19(18)34-13-20(30)32-2)12-26-29-23-27-21(14-7-5-4-6-8-14)16(11-25)22(31)28-23/h4-10,12H,3,13H2,1-2H3,(H2,27,28,29,31). The number of rotatable bonds is 9. The largest absolute Gasteiger partial charge is 0.490 e. The highest BCUT2D eigenvalue weighted by atomic mass is 35.5. The topological polar surface area (TPSA) is 139 Å². The van der Waals surface area contributed by atoms with Crippen LogP contribution in [0.2, 0.25) is 5.02 Å². The summed E-state index contributed by atoms with van der Waals surface area (Å²) in [5, 5.41) is 13.7. The summed E-state index contributed by atoms with van der Waals surface area (Å²) in [5.74, 6) is 0.118. The first-order chi connectivity index (χ1) is 16.5. The number of hydrazone groups is 1. The zero-order chi connectivity index (χ0) is 24.5. The van der Waals surface area contributed by atoms with Gasteiger partial charge in [-0.2, -0.15) is 10.4 Å².